The maximum Gasteiger partial charge on any atom is 0.218 e. The quantitative estimate of drug-likeness (QED) is 0.753. The lowest BCUT2D eigenvalue weighted by atomic mass is 10.4. The maximum atomic E-state index is 11.4. The van der Waals surface area contributed by atoms with Gasteiger partial charge in [-0.15, -0.1) is 11.3 Å². The predicted octanol–water partition coefficient (Wildman–Crippen LogP) is 0.410. The summed E-state index contributed by atoms with van der Waals surface area (Å²) in [6.45, 7) is 1.72. The lowest BCUT2D eigenvalue weighted by Crippen LogP contribution is -2.33. The van der Waals surface area contributed by atoms with Crippen LogP contribution >= 0.6 is 23.6 Å². The van der Waals surface area contributed by atoms with Gasteiger partial charge in [-0.1, -0.05) is 12.2 Å². The lowest BCUT2D eigenvalue weighted by molar-refractivity contribution is 0.570. The number of nitrogens with two attached hydrogens (primary N) is 1. The molecule has 0 aliphatic carbocycles. The predicted molar refractivity (Wildman–Crippen MR) is 64.2 cm³/mol. The van der Waals surface area contributed by atoms with E-state index in [1.807, 2.05) is 0 Å². The van der Waals surface area contributed by atoms with Crippen molar-refractivity contribution >= 4 is 38.6 Å². The summed E-state index contributed by atoms with van der Waals surface area (Å²) in [6, 6.07) is -0.357. The van der Waals surface area contributed by atoms with Crippen LogP contribution in [0.3, 0.4) is 0 Å². The molecule has 1 unspecified atom stereocenters. The number of rotatable bonds is 5. The molecule has 0 saturated carbocycles. The zero-order valence-corrected chi connectivity index (χ0v) is 10.5. The Morgan fingerprint density at radius 2 is 2.47 bits per heavy atom. The zero-order valence-electron chi connectivity index (χ0n) is 8.00. The summed E-state index contributed by atoms with van der Waals surface area (Å²) in [4.78, 5) is 3.96. The van der Waals surface area contributed by atoms with Gasteiger partial charge in [0, 0.05) is 11.6 Å². The fourth-order valence-corrected chi connectivity index (χ4v) is 3.29. The molecular weight excluding hydrogens is 254 g/mol. The normalized spacial score (nSPS) is 13.7. The Bertz CT molecular complexity index is 426. The molecule has 3 N–H and O–H groups in total. The number of hydrogen-bond acceptors (Lipinski definition) is 5. The first kappa shape index (κ1) is 12.5. The van der Waals surface area contributed by atoms with Gasteiger partial charge >= 0.3 is 0 Å². The van der Waals surface area contributed by atoms with Crippen LogP contribution in [-0.2, 0) is 10.0 Å². The highest BCUT2D eigenvalue weighted by molar-refractivity contribution is 7.92. The third kappa shape index (κ3) is 4.20. The first-order chi connectivity index (χ1) is 6.91. The number of thiocarbonyl (C=S) groups is 1. The number of nitrogens with zero attached hydrogens (tertiary/aromatic N) is 1. The highest BCUT2D eigenvalue weighted by Gasteiger charge is 2.17. The molecule has 0 aliphatic rings. The highest BCUT2D eigenvalue weighted by Crippen LogP contribution is 2.15. The number of thiazole rings is 1. The topological polar surface area (TPSA) is 85.1 Å². The molecule has 0 radical (unpaired) electrons. The van der Waals surface area contributed by atoms with E-state index < -0.39 is 10.0 Å². The van der Waals surface area contributed by atoms with Gasteiger partial charge in [0.2, 0.25) is 10.0 Å². The molecule has 0 bridgehead atoms. The smallest absolute Gasteiger partial charge is 0.218 e. The van der Waals surface area contributed by atoms with E-state index in [4.69, 9.17) is 5.73 Å². The Morgan fingerprint density at radius 1 is 1.80 bits per heavy atom. The van der Waals surface area contributed by atoms with Crippen molar-refractivity contribution in [3.8, 4) is 0 Å². The van der Waals surface area contributed by atoms with Crippen molar-refractivity contribution in [2.24, 2.45) is 5.73 Å². The Hall–Kier alpha value is -0.570. The molecule has 0 amide bonds. The summed E-state index contributed by atoms with van der Waals surface area (Å²) in [5.41, 5.74) is 5.17. The molecule has 1 aromatic rings. The van der Waals surface area contributed by atoms with Gasteiger partial charge in [0.15, 0.2) is 0 Å². The molecule has 0 aliphatic heterocycles. The minimum absolute atomic E-state index is 0.0474. The van der Waals surface area contributed by atoms with Gasteiger partial charge in [-0.05, 0) is 6.92 Å². The van der Waals surface area contributed by atoms with Gasteiger partial charge in [-0.2, -0.15) is 0 Å². The molecule has 1 aromatic heterocycles. The van der Waals surface area contributed by atoms with E-state index >= 15 is 0 Å². The molecule has 1 rings (SSSR count). The highest BCUT2D eigenvalue weighted by atomic mass is 32.2. The van der Waals surface area contributed by atoms with Crippen LogP contribution in [0.2, 0.25) is 0 Å². The van der Waals surface area contributed by atoms with Crippen LogP contribution in [0.15, 0.2) is 11.6 Å². The first-order valence-corrected chi connectivity index (χ1v) is 7.02. The van der Waals surface area contributed by atoms with E-state index in [1.165, 1.54) is 11.3 Å². The van der Waals surface area contributed by atoms with Crippen molar-refractivity contribution in [2.75, 3.05) is 5.75 Å². The van der Waals surface area contributed by atoms with Crippen LogP contribution < -0.4 is 10.5 Å². The molecule has 1 atom stereocenters. The molecule has 15 heavy (non-hydrogen) atoms. The lowest BCUT2D eigenvalue weighted by Gasteiger charge is -2.10. The van der Waals surface area contributed by atoms with Crippen molar-refractivity contribution in [2.45, 2.75) is 13.0 Å². The number of aromatic nitrogens is 1. The monoisotopic (exact) mass is 265 g/mol. The molecule has 0 fully saturated rings. The van der Waals surface area contributed by atoms with Crippen molar-refractivity contribution < 1.29 is 8.42 Å². The second-order valence-electron chi connectivity index (χ2n) is 2.94. The summed E-state index contributed by atoms with van der Waals surface area (Å²) in [7, 11) is -3.46. The SMILES string of the molecule is CC(NS(=O)(=O)CC(N)=S)c1nccs1. The molecule has 84 valence electrons. The second kappa shape index (κ2) is 4.97. The fraction of sp³-hybridized carbons (Fsp3) is 0.429. The van der Waals surface area contributed by atoms with Crippen molar-refractivity contribution in [1.82, 2.24) is 9.71 Å². The molecular formula is C7H11N3O2S3. The van der Waals surface area contributed by atoms with E-state index in [9.17, 15) is 8.42 Å². The van der Waals surface area contributed by atoms with E-state index in [0.29, 0.717) is 5.01 Å². The van der Waals surface area contributed by atoms with Crippen molar-refractivity contribution in [3.63, 3.8) is 0 Å². The third-order valence-corrected chi connectivity index (χ3v) is 4.20. The van der Waals surface area contributed by atoms with Gasteiger partial charge in [-0.3, -0.25) is 0 Å². The van der Waals surface area contributed by atoms with Gasteiger partial charge < -0.3 is 5.73 Å². The van der Waals surface area contributed by atoms with Crippen LogP contribution in [-0.4, -0.2) is 24.1 Å². The minimum atomic E-state index is -3.46. The number of sulfonamides is 1. The van der Waals surface area contributed by atoms with E-state index in [-0.39, 0.29) is 16.8 Å². The first-order valence-electron chi connectivity index (χ1n) is 4.08. The Balaban J connectivity index is 2.66. The summed E-state index contributed by atoms with van der Waals surface area (Å²) < 4.78 is 25.3. The average molecular weight is 265 g/mol. The van der Waals surface area contributed by atoms with Gasteiger partial charge in [0.05, 0.1) is 11.0 Å². The molecule has 0 saturated heterocycles. The Morgan fingerprint density at radius 3 is 2.93 bits per heavy atom. The standard InChI is InChI=1S/C7H11N3O2S3/c1-5(7-9-2-3-14-7)10-15(11,12)4-6(8)13/h2-3,5,10H,4H2,1H3,(H2,8,13). The molecule has 8 heteroatoms. The Labute approximate surface area is 97.8 Å². The molecule has 0 spiro atoms. The minimum Gasteiger partial charge on any atom is -0.392 e. The van der Waals surface area contributed by atoms with Gasteiger partial charge in [0.25, 0.3) is 0 Å². The Kier molecular flexibility index (Phi) is 4.14. The number of hydrogen-bond donors (Lipinski definition) is 2. The largest absolute Gasteiger partial charge is 0.392 e. The third-order valence-electron chi connectivity index (χ3n) is 1.51. The van der Waals surface area contributed by atoms with E-state index in [2.05, 4.69) is 21.9 Å². The van der Waals surface area contributed by atoms with Crippen LogP contribution in [0.25, 0.3) is 0 Å². The molecule has 5 nitrogen and oxygen atoms in total. The van der Waals surface area contributed by atoms with E-state index in [0.717, 1.165) is 0 Å². The zero-order chi connectivity index (χ0) is 11.5. The average Bonchev–Trinajstić information content (AvgIpc) is 2.50. The summed E-state index contributed by atoms with van der Waals surface area (Å²) in [6.07, 6.45) is 1.62. The molecule has 0 aromatic carbocycles. The van der Waals surface area contributed by atoms with Gasteiger partial charge in [0.1, 0.15) is 10.8 Å². The number of nitrogens with one attached hydrogen (secondary N) is 1. The van der Waals surface area contributed by atoms with E-state index in [1.54, 1.807) is 18.5 Å². The summed E-state index contributed by atoms with van der Waals surface area (Å²) >= 11 is 5.93. The van der Waals surface area contributed by atoms with Crippen molar-refractivity contribution in [1.29, 1.82) is 0 Å². The fourth-order valence-electron chi connectivity index (χ4n) is 0.997. The van der Waals surface area contributed by atoms with Gasteiger partial charge in [-0.25, -0.2) is 18.1 Å². The van der Waals surface area contributed by atoms with Crippen molar-refractivity contribution in [3.05, 3.63) is 16.6 Å². The van der Waals surface area contributed by atoms with Crippen LogP contribution in [0.5, 0.6) is 0 Å². The van der Waals surface area contributed by atoms with Crippen LogP contribution in [0, 0.1) is 0 Å². The van der Waals surface area contributed by atoms with Crippen LogP contribution in [0.1, 0.15) is 18.0 Å². The second-order valence-corrected chi connectivity index (χ2v) is 6.14. The van der Waals surface area contributed by atoms with Crippen LogP contribution in [0.4, 0.5) is 0 Å². The molecule has 1 heterocycles. The maximum absolute atomic E-state index is 11.4. The summed E-state index contributed by atoms with van der Waals surface area (Å²) in [5, 5.41) is 2.50. The summed E-state index contributed by atoms with van der Waals surface area (Å²) in [5.74, 6) is -0.335.